The number of rotatable bonds is 14. The molecule has 0 aliphatic heterocycles. The highest BCUT2D eigenvalue weighted by Gasteiger charge is 2.23. The summed E-state index contributed by atoms with van der Waals surface area (Å²) in [7, 11) is 0. The van der Waals surface area contributed by atoms with Crippen molar-refractivity contribution in [2.45, 2.75) is 128 Å². The predicted octanol–water partition coefficient (Wildman–Crippen LogP) is 10.8. The first kappa shape index (κ1) is 28.7. The molecule has 2 heteroatoms. The summed E-state index contributed by atoms with van der Waals surface area (Å²) in [6, 6.07) is 11.1. The number of hydrogen-bond acceptors (Lipinski definition) is 1. The predicted molar refractivity (Wildman–Crippen MR) is 151 cm³/mol. The molecule has 1 aromatic carbocycles. The Morgan fingerprint density at radius 1 is 0.833 bits per heavy atom. The topological polar surface area (TPSA) is 23.8 Å². The number of hydrogen-bond donors (Lipinski definition) is 0. The van der Waals surface area contributed by atoms with Crippen LogP contribution >= 0.6 is 0 Å². The number of halogens is 1. The molecular formula is C34H50FN. The van der Waals surface area contributed by atoms with Gasteiger partial charge in [-0.15, -0.1) is 0 Å². The van der Waals surface area contributed by atoms with E-state index in [1.54, 1.807) is 11.6 Å². The van der Waals surface area contributed by atoms with Crippen LogP contribution in [0.15, 0.2) is 48.3 Å². The van der Waals surface area contributed by atoms with Crippen molar-refractivity contribution in [3.63, 3.8) is 0 Å². The second-order valence-corrected chi connectivity index (χ2v) is 11.7. The van der Waals surface area contributed by atoms with Crippen molar-refractivity contribution >= 4 is 0 Å². The maximum Gasteiger partial charge on any atom is 0.199 e. The van der Waals surface area contributed by atoms with Crippen LogP contribution in [0, 0.1) is 29.1 Å². The van der Waals surface area contributed by atoms with E-state index in [9.17, 15) is 4.39 Å². The Morgan fingerprint density at radius 3 is 2.00 bits per heavy atom. The van der Waals surface area contributed by atoms with Crippen LogP contribution in [0.4, 0.5) is 4.39 Å². The van der Waals surface area contributed by atoms with Gasteiger partial charge in [0.25, 0.3) is 0 Å². The number of unbranched alkanes of at least 4 members (excludes halogenated alkanes) is 3. The number of nitriles is 1. The van der Waals surface area contributed by atoms with Crippen LogP contribution in [0.5, 0.6) is 0 Å². The average molecular weight is 492 g/mol. The van der Waals surface area contributed by atoms with Crippen molar-refractivity contribution < 1.29 is 4.39 Å². The Kier molecular flexibility index (Phi) is 13.4. The molecule has 2 aliphatic carbocycles. The molecule has 0 bridgehead atoms. The molecule has 2 saturated carbocycles. The third-order valence-electron chi connectivity index (χ3n) is 9.03. The lowest BCUT2D eigenvalue weighted by molar-refractivity contribution is 0.244. The second kappa shape index (κ2) is 16.8. The summed E-state index contributed by atoms with van der Waals surface area (Å²) >= 11 is 0. The van der Waals surface area contributed by atoms with Gasteiger partial charge in [0.2, 0.25) is 0 Å². The van der Waals surface area contributed by atoms with Gasteiger partial charge in [0.15, 0.2) is 5.83 Å². The summed E-state index contributed by atoms with van der Waals surface area (Å²) in [5, 5.41) is 8.42. The highest BCUT2D eigenvalue weighted by Crippen LogP contribution is 2.39. The monoisotopic (exact) mass is 491 g/mol. The number of aryl methyl sites for hydroxylation is 1. The van der Waals surface area contributed by atoms with Gasteiger partial charge in [0.1, 0.15) is 6.07 Å². The minimum atomic E-state index is -0.710. The molecule has 0 saturated heterocycles. The smallest absolute Gasteiger partial charge is 0.195 e. The van der Waals surface area contributed by atoms with E-state index in [-0.39, 0.29) is 0 Å². The average Bonchev–Trinajstić information content (AvgIpc) is 2.92. The summed E-state index contributed by atoms with van der Waals surface area (Å²) in [4.78, 5) is 0. The Bertz CT molecular complexity index is 814. The van der Waals surface area contributed by atoms with Gasteiger partial charge in [-0.2, -0.15) is 9.65 Å². The molecule has 2 aliphatic rings. The van der Waals surface area contributed by atoms with E-state index < -0.39 is 5.83 Å². The van der Waals surface area contributed by atoms with E-state index in [0.29, 0.717) is 0 Å². The minimum absolute atomic E-state index is 0.710. The van der Waals surface area contributed by atoms with E-state index in [2.05, 4.69) is 31.2 Å². The Labute approximate surface area is 221 Å². The third kappa shape index (κ3) is 10.6. The highest BCUT2D eigenvalue weighted by molar-refractivity contribution is 5.26. The van der Waals surface area contributed by atoms with E-state index in [1.807, 2.05) is 6.08 Å². The highest BCUT2D eigenvalue weighted by atomic mass is 19.1. The van der Waals surface area contributed by atoms with Gasteiger partial charge in [-0.1, -0.05) is 108 Å². The first-order valence-electron chi connectivity index (χ1n) is 15.2. The minimum Gasteiger partial charge on any atom is -0.195 e. The molecule has 2 fully saturated rings. The normalized spacial score (nSPS) is 25.2. The first-order valence-corrected chi connectivity index (χ1v) is 15.2. The lowest BCUT2D eigenvalue weighted by Crippen LogP contribution is -2.15. The van der Waals surface area contributed by atoms with Crippen molar-refractivity contribution in [3.05, 3.63) is 59.4 Å². The zero-order valence-electron chi connectivity index (χ0n) is 22.9. The van der Waals surface area contributed by atoms with Crippen molar-refractivity contribution in [3.8, 4) is 6.07 Å². The zero-order chi connectivity index (χ0) is 25.4. The van der Waals surface area contributed by atoms with Crippen LogP contribution in [0.25, 0.3) is 0 Å². The van der Waals surface area contributed by atoms with Gasteiger partial charge in [-0.3, -0.25) is 0 Å². The van der Waals surface area contributed by atoms with E-state index >= 15 is 0 Å². The molecule has 0 N–H and O–H groups in total. The summed E-state index contributed by atoms with van der Waals surface area (Å²) < 4.78 is 12.8. The molecule has 0 radical (unpaired) electrons. The number of nitrogens with zero attached hydrogens (tertiary/aromatic N) is 1. The van der Waals surface area contributed by atoms with Crippen LogP contribution in [0.2, 0.25) is 0 Å². The van der Waals surface area contributed by atoms with E-state index in [1.165, 1.54) is 127 Å². The summed E-state index contributed by atoms with van der Waals surface area (Å²) in [6.07, 6.45) is 29.3. The number of allylic oxidation sites excluding steroid dienone is 4. The van der Waals surface area contributed by atoms with Gasteiger partial charge in [0, 0.05) is 0 Å². The fraction of sp³-hybridized carbons (Fsp3) is 0.676. The lowest BCUT2D eigenvalue weighted by Gasteiger charge is -2.30. The van der Waals surface area contributed by atoms with Crippen LogP contribution in [0.3, 0.4) is 0 Å². The molecule has 198 valence electrons. The van der Waals surface area contributed by atoms with Gasteiger partial charge in [-0.25, -0.2) is 0 Å². The third-order valence-corrected chi connectivity index (χ3v) is 9.03. The van der Waals surface area contributed by atoms with Gasteiger partial charge < -0.3 is 0 Å². The second-order valence-electron chi connectivity index (χ2n) is 11.7. The summed E-state index contributed by atoms with van der Waals surface area (Å²) in [5.74, 6) is 2.84. The molecule has 36 heavy (non-hydrogen) atoms. The fourth-order valence-corrected chi connectivity index (χ4v) is 6.61. The Hall–Kier alpha value is -1.88. The molecule has 0 unspecified atom stereocenters. The molecule has 1 nitrogen and oxygen atoms in total. The number of benzene rings is 1. The molecule has 3 rings (SSSR count). The maximum absolute atomic E-state index is 12.8. The van der Waals surface area contributed by atoms with Crippen molar-refractivity contribution in [1.29, 1.82) is 5.26 Å². The standard InChI is InChI=1S/C34H50FN/c1-2-3-5-10-30-19-23-32(24-20-30)33-25-21-31(22-26-33)13-9-8-12-29-17-15-28(16-18-29)11-6-4-7-14-34(35)27-36/h4,7,14,19-20,23-24,28-29,31,33H,2-3,5-6,8-13,15-18,21-22,25-26H2,1H3/b7-4+,34-14-/t28-,29-,31-,33-. The van der Waals surface area contributed by atoms with Gasteiger partial charge in [0.05, 0.1) is 0 Å². The lowest BCUT2D eigenvalue weighted by atomic mass is 9.76. The molecule has 0 atom stereocenters. The first-order chi connectivity index (χ1) is 17.7. The molecule has 0 heterocycles. The van der Waals surface area contributed by atoms with Gasteiger partial charge >= 0.3 is 0 Å². The molecule has 0 spiro atoms. The van der Waals surface area contributed by atoms with Crippen LogP contribution in [-0.4, -0.2) is 0 Å². The van der Waals surface area contributed by atoms with Crippen molar-refractivity contribution in [2.24, 2.45) is 17.8 Å². The quantitative estimate of drug-likeness (QED) is 0.144. The molecule has 0 amide bonds. The molecule has 1 aromatic rings. The molecule has 0 aromatic heterocycles. The maximum atomic E-state index is 12.8. The van der Waals surface area contributed by atoms with E-state index in [0.717, 1.165) is 30.1 Å². The van der Waals surface area contributed by atoms with Crippen molar-refractivity contribution in [1.82, 2.24) is 0 Å². The van der Waals surface area contributed by atoms with Crippen molar-refractivity contribution in [2.75, 3.05) is 0 Å². The largest absolute Gasteiger partial charge is 0.199 e. The summed E-state index contributed by atoms with van der Waals surface area (Å²) in [5.41, 5.74) is 3.11. The Morgan fingerprint density at radius 2 is 1.42 bits per heavy atom. The van der Waals surface area contributed by atoms with Crippen LogP contribution in [0.1, 0.15) is 133 Å². The zero-order valence-corrected chi connectivity index (χ0v) is 22.9. The van der Waals surface area contributed by atoms with Gasteiger partial charge in [-0.05, 0) is 92.2 Å². The fourth-order valence-electron chi connectivity index (χ4n) is 6.61. The summed E-state index contributed by atoms with van der Waals surface area (Å²) in [6.45, 7) is 2.28. The van der Waals surface area contributed by atoms with Crippen LogP contribution < -0.4 is 0 Å². The Balaban J connectivity index is 1.21. The van der Waals surface area contributed by atoms with Crippen LogP contribution in [-0.2, 0) is 6.42 Å². The molecular weight excluding hydrogens is 441 g/mol. The SMILES string of the molecule is CCCCCc1ccc([C@H]2CC[C@H](CCCC[C@H]3CC[C@H](CC/C=C/C=C(\F)C#N)CC3)CC2)cc1. The van der Waals surface area contributed by atoms with E-state index in [4.69, 9.17) is 5.26 Å².